The van der Waals surface area contributed by atoms with Crippen LogP contribution in [0.5, 0.6) is 5.75 Å². The quantitative estimate of drug-likeness (QED) is 0.853. The van der Waals surface area contributed by atoms with E-state index in [-0.39, 0.29) is 5.41 Å². The first-order valence-electron chi connectivity index (χ1n) is 6.05. The average molecular weight is 236 g/mol. The van der Waals surface area contributed by atoms with Crippen LogP contribution in [0.1, 0.15) is 30.7 Å². The lowest BCUT2D eigenvalue weighted by Crippen LogP contribution is -2.29. The molecule has 0 saturated heterocycles. The minimum atomic E-state index is 0.201. The number of aromatic nitrogens is 1. The molecule has 3 heteroatoms. The van der Waals surface area contributed by atoms with Gasteiger partial charge in [0.25, 0.3) is 0 Å². The number of pyridine rings is 1. The van der Waals surface area contributed by atoms with Crippen LogP contribution < -0.4 is 10.1 Å². The van der Waals surface area contributed by atoms with Crippen LogP contribution in [0.3, 0.4) is 0 Å². The summed E-state index contributed by atoms with van der Waals surface area (Å²) in [7, 11) is 3.70. The topological polar surface area (TPSA) is 34.2 Å². The van der Waals surface area contributed by atoms with E-state index in [4.69, 9.17) is 4.74 Å². The lowest BCUT2D eigenvalue weighted by atomic mass is 9.86. The van der Waals surface area contributed by atoms with Gasteiger partial charge in [-0.05, 0) is 32.7 Å². The highest BCUT2D eigenvalue weighted by Gasteiger charge is 2.21. The third kappa shape index (κ3) is 3.43. The minimum Gasteiger partial charge on any atom is -0.496 e. The summed E-state index contributed by atoms with van der Waals surface area (Å²) in [5, 5.41) is 3.23. The van der Waals surface area contributed by atoms with Crippen molar-refractivity contribution in [1.29, 1.82) is 0 Å². The fourth-order valence-electron chi connectivity index (χ4n) is 2.24. The van der Waals surface area contributed by atoms with Crippen molar-refractivity contribution in [2.45, 2.75) is 34.1 Å². The monoisotopic (exact) mass is 236 g/mol. The van der Waals surface area contributed by atoms with Gasteiger partial charge in [0.05, 0.1) is 7.11 Å². The average Bonchev–Trinajstić information content (AvgIpc) is 2.23. The molecule has 1 aromatic rings. The summed E-state index contributed by atoms with van der Waals surface area (Å²) in [5.41, 5.74) is 3.59. The summed E-state index contributed by atoms with van der Waals surface area (Å²) in [6.07, 6.45) is 2.85. The Balaban J connectivity index is 3.00. The van der Waals surface area contributed by atoms with Gasteiger partial charge in [-0.2, -0.15) is 0 Å². The summed E-state index contributed by atoms with van der Waals surface area (Å²) in [5.74, 6) is 0.968. The molecular formula is C14H24N2O. The molecule has 1 aromatic heterocycles. The maximum atomic E-state index is 5.44. The molecule has 3 nitrogen and oxygen atoms in total. The molecule has 0 fully saturated rings. The number of nitrogens with zero attached hydrogens (tertiary/aromatic N) is 1. The molecule has 0 atom stereocenters. The van der Waals surface area contributed by atoms with E-state index in [1.54, 1.807) is 7.11 Å². The number of ether oxygens (including phenoxy) is 1. The van der Waals surface area contributed by atoms with Crippen molar-refractivity contribution in [3.63, 3.8) is 0 Å². The number of hydrogen-bond acceptors (Lipinski definition) is 3. The van der Waals surface area contributed by atoms with E-state index in [0.717, 1.165) is 35.5 Å². The molecule has 96 valence electrons. The zero-order valence-corrected chi connectivity index (χ0v) is 11.8. The largest absolute Gasteiger partial charge is 0.496 e. The van der Waals surface area contributed by atoms with E-state index in [1.165, 1.54) is 0 Å². The van der Waals surface area contributed by atoms with Gasteiger partial charge in [0.1, 0.15) is 5.75 Å². The molecule has 0 amide bonds. The van der Waals surface area contributed by atoms with Crippen LogP contribution in [-0.4, -0.2) is 25.7 Å². The van der Waals surface area contributed by atoms with Gasteiger partial charge in [-0.15, -0.1) is 0 Å². The Morgan fingerprint density at radius 3 is 2.53 bits per heavy atom. The molecule has 0 spiro atoms. The fraction of sp³-hybridized carbons (Fsp3) is 0.643. The van der Waals surface area contributed by atoms with E-state index in [2.05, 4.69) is 31.1 Å². The van der Waals surface area contributed by atoms with Gasteiger partial charge in [-0.1, -0.05) is 13.8 Å². The van der Waals surface area contributed by atoms with Gasteiger partial charge in [0.2, 0.25) is 0 Å². The van der Waals surface area contributed by atoms with Crippen LogP contribution in [0.15, 0.2) is 6.20 Å². The smallest absolute Gasteiger partial charge is 0.128 e. The van der Waals surface area contributed by atoms with Crippen molar-refractivity contribution >= 4 is 0 Å². The van der Waals surface area contributed by atoms with Crippen LogP contribution in [0.4, 0.5) is 0 Å². The van der Waals surface area contributed by atoms with Gasteiger partial charge in [0, 0.05) is 29.6 Å². The van der Waals surface area contributed by atoms with Crippen molar-refractivity contribution < 1.29 is 4.74 Å². The zero-order valence-electron chi connectivity index (χ0n) is 11.8. The fourth-order valence-corrected chi connectivity index (χ4v) is 2.24. The number of methoxy groups -OCH3 is 1. The Bertz CT molecular complexity index is 386. The number of rotatable bonds is 5. The number of aryl methyl sites for hydroxylation is 1. The third-order valence-electron chi connectivity index (χ3n) is 3.05. The van der Waals surface area contributed by atoms with Gasteiger partial charge in [-0.3, -0.25) is 4.98 Å². The maximum Gasteiger partial charge on any atom is 0.128 e. The Morgan fingerprint density at radius 2 is 2.00 bits per heavy atom. The molecule has 17 heavy (non-hydrogen) atoms. The molecule has 0 aliphatic heterocycles. The SMILES string of the molecule is CNCC(C)(C)Cc1ncc(C)c(OC)c1C. The Hall–Kier alpha value is -1.09. The van der Waals surface area contributed by atoms with E-state index < -0.39 is 0 Å². The molecule has 0 saturated carbocycles. The normalized spacial score (nSPS) is 11.6. The summed E-state index contributed by atoms with van der Waals surface area (Å²) < 4.78 is 5.44. The standard InChI is InChI=1S/C14H24N2O/c1-10-8-16-12(11(2)13(10)17-6)7-14(3,4)9-15-5/h8,15H,7,9H2,1-6H3. The zero-order chi connectivity index (χ0) is 13.1. The van der Waals surface area contributed by atoms with Gasteiger partial charge in [-0.25, -0.2) is 0 Å². The third-order valence-corrected chi connectivity index (χ3v) is 3.05. The van der Waals surface area contributed by atoms with Gasteiger partial charge < -0.3 is 10.1 Å². The second-order valence-electron chi connectivity index (χ2n) is 5.42. The molecule has 0 aromatic carbocycles. The van der Waals surface area contributed by atoms with Crippen molar-refractivity contribution in [2.24, 2.45) is 5.41 Å². The van der Waals surface area contributed by atoms with E-state index in [9.17, 15) is 0 Å². The van der Waals surface area contributed by atoms with E-state index in [1.807, 2.05) is 20.2 Å². The summed E-state index contributed by atoms with van der Waals surface area (Å²) >= 11 is 0. The summed E-state index contributed by atoms with van der Waals surface area (Å²) in [6.45, 7) is 9.59. The molecule has 0 radical (unpaired) electrons. The van der Waals surface area contributed by atoms with Crippen LogP contribution in [-0.2, 0) is 6.42 Å². The van der Waals surface area contributed by atoms with Gasteiger partial charge in [0.15, 0.2) is 0 Å². The van der Waals surface area contributed by atoms with Crippen molar-refractivity contribution in [3.05, 3.63) is 23.0 Å². The first-order valence-corrected chi connectivity index (χ1v) is 6.05. The predicted octanol–water partition coefficient (Wildman–Crippen LogP) is 2.50. The van der Waals surface area contributed by atoms with Crippen molar-refractivity contribution in [2.75, 3.05) is 20.7 Å². The lowest BCUT2D eigenvalue weighted by molar-refractivity contribution is 0.343. The highest BCUT2D eigenvalue weighted by Crippen LogP contribution is 2.28. The van der Waals surface area contributed by atoms with Crippen molar-refractivity contribution in [1.82, 2.24) is 10.3 Å². The summed E-state index contributed by atoms with van der Waals surface area (Å²) in [4.78, 5) is 4.55. The van der Waals surface area contributed by atoms with E-state index in [0.29, 0.717) is 0 Å². The summed E-state index contributed by atoms with van der Waals surface area (Å²) in [6, 6.07) is 0. The molecule has 0 bridgehead atoms. The van der Waals surface area contributed by atoms with Crippen LogP contribution in [0.2, 0.25) is 0 Å². The Morgan fingerprint density at radius 1 is 1.35 bits per heavy atom. The molecule has 1 N–H and O–H groups in total. The Kier molecular flexibility index (Phi) is 4.52. The Labute approximate surface area is 105 Å². The van der Waals surface area contributed by atoms with Gasteiger partial charge >= 0.3 is 0 Å². The maximum absolute atomic E-state index is 5.44. The second-order valence-corrected chi connectivity index (χ2v) is 5.42. The first kappa shape index (κ1) is 14.0. The second kappa shape index (κ2) is 5.50. The molecule has 0 aliphatic rings. The van der Waals surface area contributed by atoms with Crippen LogP contribution in [0, 0.1) is 19.3 Å². The molecule has 1 heterocycles. The molecule has 0 aliphatic carbocycles. The number of hydrogen-bond donors (Lipinski definition) is 1. The highest BCUT2D eigenvalue weighted by atomic mass is 16.5. The molecule has 1 rings (SSSR count). The molecular weight excluding hydrogens is 212 g/mol. The van der Waals surface area contributed by atoms with Crippen LogP contribution in [0.25, 0.3) is 0 Å². The first-order chi connectivity index (χ1) is 7.91. The highest BCUT2D eigenvalue weighted by molar-refractivity contribution is 5.41. The lowest BCUT2D eigenvalue weighted by Gasteiger charge is -2.25. The number of nitrogens with one attached hydrogen (secondary N) is 1. The van der Waals surface area contributed by atoms with Crippen molar-refractivity contribution in [3.8, 4) is 5.75 Å². The predicted molar refractivity (Wildman–Crippen MR) is 71.7 cm³/mol. The van der Waals surface area contributed by atoms with Crippen LogP contribution >= 0.6 is 0 Å². The molecule has 0 unspecified atom stereocenters. The van der Waals surface area contributed by atoms with E-state index >= 15 is 0 Å². The minimum absolute atomic E-state index is 0.201.